The van der Waals surface area contributed by atoms with Gasteiger partial charge < -0.3 is 14.8 Å². The van der Waals surface area contributed by atoms with Gasteiger partial charge in [0.05, 0.1) is 17.5 Å². The van der Waals surface area contributed by atoms with Crippen molar-refractivity contribution < 1.29 is 18.7 Å². The molecule has 1 aromatic heterocycles. The second-order valence-corrected chi connectivity index (χ2v) is 7.12. The first-order valence-corrected chi connectivity index (χ1v) is 9.00. The third kappa shape index (κ3) is 3.89. The van der Waals surface area contributed by atoms with Crippen LogP contribution in [0.3, 0.4) is 0 Å². The van der Waals surface area contributed by atoms with Crippen LogP contribution in [0.2, 0.25) is 0 Å². The molecule has 0 spiro atoms. The third-order valence-corrected chi connectivity index (χ3v) is 5.00. The minimum absolute atomic E-state index is 0.0463. The van der Waals surface area contributed by atoms with E-state index in [1.165, 1.54) is 12.1 Å². The Hall–Kier alpha value is -3.19. The fraction of sp³-hybridized carbons (Fsp3) is 0.238. The topological polar surface area (TPSA) is 95.3 Å². The fourth-order valence-corrected chi connectivity index (χ4v) is 3.50. The van der Waals surface area contributed by atoms with Crippen LogP contribution in [0.4, 0.5) is 10.1 Å². The number of aromatic nitrogens is 1. The minimum atomic E-state index is -1.13. The van der Waals surface area contributed by atoms with E-state index in [0.717, 1.165) is 11.1 Å². The molecule has 0 saturated carbocycles. The van der Waals surface area contributed by atoms with Gasteiger partial charge in [0, 0.05) is 11.8 Å². The third-order valence-electron chi connectivity index (χ3n) is 5.00. The second-order valence-electron chi connectivity index (χ2n) is 7.12. The summed E-state index contributed by atoms with van der Waals surface area (Å²) >= 11 is 0. The highest BCUT2D eigenvalue weighted by Crippen LogP contribution is 2.35. The van der Waals surface area contributed by atoms with E-state index in [-0.39, 0.29) is 18.1 Å². The number of hydrogen-bond acceptors (Lipinski definition) is 4. The average molecular weight is 382 g/mol. The molecule has 1 heterocycles. The van der Waals surface area contributed by atoms with Crippen LogP contribution in [-0.4, -0.2) is 21.6 Å². The molecule has 0 bridgehead atoms. The Morgan fingerprint density at radius 3 is 2.75 bits per heavy atom. The van der Waals surface area contributed by atoms with Crippen LogP contribution >= 0.6 is 0 Å². The molecule has 0 saturated heterocycles. The summed E-state index contributed by atoms with van der Waals surface area (Å²) in [5.41, 5.74) is 2.23. The molecule has 1 atom stereocenters. The molecule has 0 fully saturated rings. The summed E-state index contributed by atoms with van der Waals surface area (Å²) in [7, 11) is 0. The molecule has 6 nitrogen and oxygen atoms in total. The number of fused-ring (bicyclic) bond motifs is 1. The van der Waals surface area contributed by atoms with Gasteiger partial charge in [-0.2, -0.15) is 0 Å². The Kier molecular flexibility index (Phi) is 4.60. The fourth-order valence-electron chi connectivity index (χ4n) is 3.50. The van der Waals surface area contributed by atoms with Gasteiger partial charge in [-0.15, -0.1) is 0 Å². The second kappa shape index (κ2) is 7.09. The van der Waals surface area contributed by atoms with E-state index in [0.29, 0.717) is 36.0 Å². The summed E-state index contributed by atoms with van der Waals surface area (Å²) in [6, 6.07) is 11.1. The van der Waals surface area contributed by atoms with Crippen LogP contribution in [-0.2, 0) is 4.79 Å². The highest BCUT2D eigenvalue weighted by Gasteiger charge is 2.32. The van der Waals surface area contributed by atoms with Crippen LogP contribution in [0.15, 0.2) is 57.8 Å². The Labute approximate surface area is 159 Å². The van der Waals surface area contributed by atoms with Gasteiger partial charge in [-0.1, -0.05) is 18.2 Å². The predicted octanol–water partition coefficient (Wildman–Crippen LogP) is 3.59. The molecule has 0 aliphatic heterocycles. The molecule has 3 aromatic rings. The van der Waals surface area contributed by atoms with E-state index < -0.39 is 11.4 Å². The number of anilines is 1. The van der Waals surface area contributed by atoms with E-state index in [4.69, 9.17) is 4.42 Å². The highest BCUT2D eigenvalue weighted by molar-refractivity contribution is 5.93. The minimum Gasteiger partial charge on any atom is -0.408 e. The number of carbonyl (C=O) groups is 1. The molecule has 144 valence electrons. The van der Waals surface area contributed by atoms with Gasteiger partial charge in [-0.05, 0) is 54.7 Å². The van der Waals surface area contributed by atoms with Gasteiger partial charge in [0.25, 0.3) is 0 Å². The number of aromatic amines is 1. The van der Waals surface area contributed by atoms with Crippen molar-refractivity contribution >= 4 is 28.3 Å². The number of rotatable bonds is 4. The molecule has 0 radical (unpaired) electrons. The number of carbonyl (C=O) groups excluding carboxylic acids is 1. The SMILES string of the molecule is O=C(CC1(O)CC=C(c2ccc(F)cc2)CC1)Nc1ccc2[nH]c(=O)oc2c1. The zero-order chi connectivity index (χ0) is 19.7. The van der Waals surface area contributed by atoms with Gasteiger partial charge in [0.2, 0.25) is 5.91 Å². The van der Waals surface area contributed by atoms with Crippen molar-refractivity contribution in [3.63, 3.8) is 0 Å². The van der Waals surface area contributed by atoms with Crippen molar-refractivity contribution in [3.05, 3.63) is 70.5 Å². The standard InChI is InChI=1S/C21H19FN2O4/c22-15-3-1-13(2-4-15)14-7-9-21(27,10-8-14)12-19(25)23-16-5-6-17-18(11-16)28-20(26)24-17/h1-7,11,27H,8-10,12H2,(H,23,25)(H,24,26). The number of oxazole rings is 1. The highest BCUT2D eigenvalue weighted by atomic mass is 19.1. The summed E-state index contributed by atoms with van der Waals surface area (Å²) in [6.07, 6.45) is 3.25. The van der Waals surface area contributed by atoms with Crippen LogP contribution in [0, 0.1) is 5.82 Å². The molecule has 1 aliphatic rings. The molecule has 2 aromatic carbocycles. The molecule has 3 N–H and O–H groups in total. The van der Waals surface area contributed by atoms with Crippen LogP contribution < -0.4 is 11.1 Å². The Balaban J connectivity index is 1.41. The molecular weight excluding hydrogens is 363 g/mol. The molecule has 28 heavy (non-hydrogen) atoms. The van der Waals surface area contributed by atoms with E-state index in [1.54, 1.807) is 30.3 Å². The maximum atomic E-state index is 13.1. The van der Waals surface area contributed by atoms with Crippen molar-refractivity contribution in [2.24, 2.45) is 0 Å². The van der Waals surface area contributed by atoms with E-state index in [2.05, 4.69) is 10.3 Å². The summed E-state index contributed by atoms with van der Waals surface area (Å²) < 4.78 is 18.0. The van der Waals surface area contributed by atoms with Crippen LogP contribution in [0.5, 0.6) is 0 Å². The molecule has 1 unspecified atom stereocenters. The number of halogens is 1. The number of nitrogens with one attached hydrogen (secondary N) is 2. The molecule has 7 heteroatoms. The maximum absolute atomic E-state index is 13.1. The molecule has 1 amide bonds. The van der Waals surface area contributed by atoms with Gasteiger partial charge in [-0.3, -0.25) is 9.78 Å². The molecular formula is C21H19FN2O4. The number of allylic oxidation sites excluding steroid dienone is 1. The lowest BCUT2D eigenvalue weighted by Gasteiger charge is -2.31. The zero-order valence-electron chi connectivity index (χ0n) is 15.0. The number of aliphatic hydroxyl groups is 1. The van der Waals surface area contributed by atoms with Crippen molar-refractivity contribution in [3.8, 4) is 0 Å². The monoisotopic (exact) mass is 382 g/mol. The lowest BCUT2D eigenvalue weighted by molar-refractivity contribution is -0.121. The average Bonchev–Trinajstić information content (AvgIpc) is 3.02. The number of amides is 1. The van der Waals surface area contributed by atoms with Crippen molar-refractivity contribution in [1.82, 2.24) is 4.98 Å². The summed E-state index contributed by atoms with van der Waals surface area (Å²) in [6.45, 7) is 0. The van der Waals surface area contributed by atoms with Crippen molar-refractivity contribution in [1.29, 1.82) is 0 Å². The maximum Gasteiger partial charge on any atom is 0.417 e. The van der Waals surface area contributed by atoms with Gasteiger partial charge in [0.15, 0.2) is 5.58 Å². The van der Waals surface area contributed by atoms with E-state index >= 15 is 0 Å². The number of benzene rings is 2. The van der Waals surface area contributed by atoms with Crippen LogP contribution in [0.25, 0.3) is 16.7 Å². The summed E-state index contributed by atoms with van der Waals surface area (Å²) in [5.74, 6) is -1.16. The van der Waals surface area contributed by atoms with Crippen molar-refractivity contribution in [2.45, 2.75) is 31.3 Å². The van der Waals surface area contributed by atoms with Gasteiger partial charge in [-0.25, -0.2) is 9.18 Å². The van der Waals surface area contributed by atoms with Gasteiger partial charge >= 0.3 is 5.76 Å². The lowest BCUT2D eigenvalue weighted by Crippen LogP contribution is -2.35. The number of hydrogen-bond donors (Lipinski definition) is 3. The van der Waals surface area contributed by atoms with Crippen LogP contribution in [0.1, 0.15) is 31.2 Å². The normalized spacial score (nSPS) is 19.4. The van der Waals surface area contributed by atoms with E-state index in [1.807, 2.05) is 6.08 Å². The predicted molar refractivity (Wildman–Crippen MR) is 103 cm³/mol. The van der Waals surface area contributed by atoms with E-state index in [9.17, 15) is 19.1 Å². The largest absolute Gasteiger partial charge is 0.417 e. The number of H-pyrrole nitrogens is 1. The first kappa shape index (κ1) is 18.2. The first-order valence-electron chi connectivity index (χ1n) is 9.00. The summed E-state index contributed by atoms with van der Waals surface area (Å²) in [5, 5.41) is 13.5. The Bertz CT molecular complexity index is 1110. The Morgan fingerprint density at radius 1 is 1.25 bits per heavy atom. The zero-order valence-corrected chi connectivity index (χ0v) is 15.0. The molecule has 1 aliphatic carbocycles. The summed E-state index contributed by atoms with van der Waals surface area (Å²) in [4.78, 5) is 26.1. The Morgan fingerprint density at radius 2 is 2.04 bits per heavy atom. The first-order chi connectivity index (χ1) is 13.4. The molecule has 4 rings (SSSR count). The van der Waals surface area contributed by atoms with Gasteiger partial charge in [0.1, 0.15) is 5.82 Å². The van der Waals surface area contributed by atoms with Crippen molar-refractivity contribution in [2.75, 3.05) is 5.32 Å². The smallest absolute Gasteiger partial charge is 0.408 e. The quantitative estimate of drug-likeness (QED) is 0.643. The lowest BCUT2D eigenvalue weighted by atomic mass is 9.81.